The van der Waals surface area contributed by atoms with Gasteiger partial charge in [-0.3, -0.25) is 0 Å². The van der Waals surface area contributed by atoms with Gasteiger partial charge >= 0.3 is 0 Å². The quantitative estimate of drug-likeness (QED) is 0.842. The molecule has 2 aliphatic heterocycles. The number of fused-ring (bicyclic) bond motifs is 2. The van der Waals surface area contributed by atoms with Crippen molar-refractivity contribution in [2.45, 2.75) is 13.3 Å². The maximum absolute atomic E-state index is 4.71. The highest BCUT2D eigenvalue weighted by atomic mass is 15.4. The van der Waals surface area contributed by atoms with Gasteiger partial charge in [-0.25, -0.2) is 0 Å². The molecule has 2 aliphatic rings. The molecule has 0 spiro atoms. The van der Waals surface area contributed by atoms with Crippen LogP contribution in [0.4, 0.5) is 5.82 Å². The third-order valence-corrected chi connectivity index (χ3v) is 4.34. The topological polar surface area (TPSA) is 58.4 Å². The molecule has 2 atom stereocenters. The minimum atomic E-state index is 0.782. The molecular formula is C13H18N6. The lowest BCUT2D eigenvalue weighted by atomic mass is 10.0. The van der Waals surface area contributed by atoms with Crippen LogP contribution in [0.15, 0.2) is 12.1 Å². The van der Waals surface area contributed by atoms with Crippen LogP contribution in [0.2, 0.25) is 0 Å². The van der Waals surface area contributed by atoms with E-state index in [1.165, 1.54) is 0 Å². The van der Waals surface area contributed by atoms with Crippen molar-refractivity contribution < 1.29 is 0 Å². The van der Waals surface area contributed by atoms with Crippen LogP contribution in [0.25, 0.3) is 5.65 Å². The van der Waals surface area contributed by atoms with Gasteiger partial charge in [0.25, 0.3) is 0 Å². The van der Waals surface area contributed by atoms with E-state index in [2.05, 4.69) is 33.4 Å². The summed E-state index contributed by atoms with van der Waals surface area (Å²) < 4.78 is 1.88. The Morgan fingerprint density at radius 2 is 2.00 bits per heavy atom. The molecule has 0 aromatic carbocycles. The smallest absolute Gasteiger partial charge is 0.178 e. The van der Waals surface area contributed by atoms with Gasteiger partial charge in [-0.2, -0.15) is 4.52 Å². The Morgan fingerprint density at radius 3 is 2.74 bits per heavy atom. The summed E-state index contributed by atoms with van der Waals surface area (Å²) in [6, 6.07) is 4.08. The van der Waals surface area contributed by atoms with Gasteiger partial charge in [0, 0.05) is 32.6 Å². The second-order valence-corrected chi connectivity index (χ2v) is 5.51. The lowest BCUT2D eigenvalue weighted by Crippen LogP contribution is -2.26. The minimum absolute atomic E-state index is 0.782. The molecule has 19 heavy (non-hydrogen) atoms. The van der Waals surface area contributed by atoms with Gasteiger partial charge in [0.2, 0.25) is 0 Å². The van der Waals surface area contributed by atoms with E-state index in [9.17, 15) is 0 Å². The van der Waals surface area contributed by atoms with Gasteiger partial charge in [-0.05, 0) is 24.0 Å². The van der Waals surface area contributed by atoms with E-state index in [1.807, 2.05) is 10.6 Å². The predicted octanol–water partition coefficient (Wildman–Crippen LogP) is 0.342. The first-order valence-electron chi connectivity index (χ1n) is 7.02. The zero-order chi connectivity index (χ0) is 12.8. The van der Waals surface area contributed by atoms with Crippen molar-refractivity contribution in [3.8, 4) is 0 Å². The summed E-state index contributed by atoms with van der Waals surface area (Å²) >= 11 is 0. The number of anilines is 1. The Hall–Kier alpha value is -1.69. The van der Waals surface area contributed by atoms with E-state index < -0.39 is 0 Å². The van der Waals surface area contributed by atoms with E-state index >= 15 is 0 Å². The molecule has 2 saturated heterocycles. The summed E-state index contributed by atoms with van der Waals surface area (Å²) in [6.07, 6.45) is 0.854. The Balaban J connectivity index is 1.68. The normalized spacial score (nSPS) is 26.3. The molecule has 2 fully saturated rings. The molecule has 4 rings (SSSR count). The molecule has 100 valence electrons. The van der Waals surface area contributed by atoms with Crippen molar-refractivity contribution in [2.24, 2.45) is 11.8 Å². The first-order valence-corrected chi connectivity index (χ1v) is 7.02. The van der Waals surface area contributed by atoms with Gasteiger partial charge in [0.1, 0.15) is 5.82 Å². The van der Waals surface area contributed by atoms with Crippen LogP contribution in [0, 0.1) is 11.8 Å². The Kier molecular flexibility index (Phi) is 2.44. The molecule has 4 heterocycles. The molecule has 0 amide bonds. The summed E-state index contributed by atoms with van der Waals surface area (Å²) in [5.41, 5.74) is 0.835. The summed E-state index contributed by atoms with van der Waals surface area (Å²) in [4.78, 5) is 2.40. The van der Waals surface area contributed by atoms with Gasteiger partial charge < -0.3 is 10.2 Å². The van der Waals surface area contributed by atoms with E-state index in [1.54, 1.807) is 0 Å². The van der Waals surface area contributed by atoms with Gasteiger partial charge in [0.15, 0.2) is 11.5 Å². The number of aromatic nitrogens is 4. The third kappa shape index (κ3) is 1.70. The van der Waals surface area contributed by atoms with Gasteiger partial charge in [0.05, 0.1) is 0 Å². The Labute approximate surface area is 111 Å². The number of rotatable bonds is 2. The van der Waals surface area contributed by atoms with Crippen molar-refractivity contribution in [3.05, 3.63) is 18.0 Å². The van der Waals surface area contributed by atoms with E-state index in [-0.39, 0.29) is 0 Å². The first kappa shape index (κ1) is 11.2. The van der Waals surface area contributed by atoms with Crippen LogP contribution in [0.3, 0.4) is 0 Å². The highest BCUT2D eigenvalue weighted by molar-refractivity contribution is 5.46. The van der Waals surface area contributed by atoms with Gasteiger partial charge in [-0.15, -0.1) is 15.3 Å². The SMILES string of the molecule is CCc1nnc2ccc(N3CC4CNCC4C3)nn12. The van der Waals surface area contributed by atoms with E-state index in [0.29, 0.717) is 0 Å². The number of aryl methyl sites for hydroxylation is 1. The highest BCUT2D eigenvalue weighted by Gasteiger charge is 2.36. The first-order chi connectivity index (χ1) is 9.35. The Morgan fingerprint density at radius 1 is 1.21 bits per heavy atom. The van der Waals surface area contributed by atoms with Crippen molar-refractivity contribution >= 4 is 11.5 Å². The van der Waals surface area contributed by atoms with Gasteiger partial charge in [-0.1, -0.05) is 6.92 Å². The highest BCUT2D eigenvalue weighted by Crippen LogP contribution is 2.29. The molecule has 0 radical (unpaired) electrons. The molecule has 0 saturated carbocycles. The average Bonchev–Trinajstić information content (AvgIpc) is 3.11. The lowest BCUT2D eigenvalue weighted by Gasteiger charge is -2.18. The largest absolute Gasteiger partial charge is 0.355 e. The maximum atomic E-state index is 4.71. The van der Waals surface area contributed by atoms with Crippen LogP contribution in [-0.2, 0) is 6.42 Å². The lowest BCUT2D eigenvalue weighted by molar-refractivity contribution is 0.533. The number of nitrogens with one attached hydrogen (secondary N) is 1. The molecule has 0 aliphatic carbocycles. The van der Waals surface area contributed by atoms with Crippen LogP contribution in [-0.4, -0.2) is 46.0 Å². The van der Waals surface area contributed by atoms with Crippen molar-refractivity contribution in [1.82, 2.24) is 25.1 Å². The van der Waals surface area contributed by atoms with E-state index in [0.717, 1.165) is 61.7 Å². The molecule has 2 unspecified atom stereocenters. The zero-order valence-corrected chi connectivity index (χ0v) is 11.1. The second kappa shape index (κ2) is 4.16. The fourth-order valence-corrected chi connectivity index (χ4v) is 3.26. The molecule has 6 heteroatoms. The Bertz CT molecular complexity index is 594. The van der Waals surface area contributed by atoms with Crippen LogP contribution in [0.5, 0.6) is 0 Å². The average molecular weight is 258 g/mol. The maximum Gasteiger partial charge on any atom is 0.178 e. The second-order valence-electron chi connectivity index (χ2n) is 5.51. The van der Waals surface area contributed by atoms with Crippen molar-refractivity contribution in [1.29, 1.82) is 0 Å². The predicted molar refractivity (Wildman–Crippen MR) is 72.2 cm³/mol. The fourth-order valence-electron chi connectivity index (χ4n) is 3.26. The van der Waals surface area contributed by atoms with Crippen molar-refractivity contribution in [3.63, 3.8) is 0 Å². The molecule has 2 aromatic rings. The minimum Gasteiger partial charge on any atom is -0.355 e. The third-order valence-electron chi connectivity index (χ3n) is 4.34. The summed E-state index contributed by atoms with van der Waals surface area (Å²) in [5.74, 6) is 3.54. The van der Waals surface area contributed by atoms with Crippen molar-refractivity contribution in [2.75, 3.05) is 31.1 Å². The number of hydrogen-bond acceptors (Lipinski definition) is 5. The fraction of sp³-hybridized carbons (Fsp3) is 0.615. The molecular weight excluding hydrogens is 240 g/mol. The molecule has 6 nitrogen and oxygen atoms in total. The molecule has 2 aromatic heterocycles. The summed E-state index contributed by atoms with van der Waals surface area (Å²) in [7, 11) is 0. The monoisotopic (exact) mass is 258 g/mol. The number of nitrogens with zero attached hydrogens (tertiary/aromatic N) is 5. The standard InChI is InChI=1S/C13H18N6/c1-2-11-15-16-12-3-4-13(17-19(11)12)18-7-9-5-14-6-10(9)8-18/h3-4,9-10,14H,2,5-8H2,1H3. The van der Waals surface area contributed by atoms with Crippen LogP contribution >= 0.6 is 0 Å². The van der Waals surface area contributed by atoms with Crippen LogP contribution in [0.1, 0.15) is 12.7 Å². The summed E-state index contributed by atoms with van der Waals surface area (Å²) in [6.45, 7) is 6.60. The zero-order valence-electron chi connectivity index (χ0n) is 11.1. The molecule has 1 N–H and O–H groups in total. The van der Waals surface area contributed by atoms with Crippen LogP contribution < -0.4 is 10.2 Å². The number of hydrogen-bond donors (Lipinski definition) is 1. The molecule has 0 bridgehead atoms. The summed E-state index contributed by atoms with van der Waals surface area (Å²) in [5, 5.41) is 16.5. The van der Waals surface area contributed by atoms with E-state index in [4.69, 9.17) is 5.10 Å².